The summed E-state index contributed by atoms with van der Waals surface area (Å²) in [5.74, 6) is 0.878. The third-order valence-corrected chi connectivity index (χ3v) is 4.75. The average molecular weight is 387 g/mol. The molecule has 1 aliphatic rings. The van der Waals surface area contributed by atoms with Gasteiger partial charge in [-0.15, -0.1) is 0 Å². The minimum absolute atomic E-state index is 0.124. The van der Waals surface area contributed by atoms with Crippen LogP contribution in [0.15, 0.2) is 42.5 Å². The summed E-state index contributed by atoms with van der Waals surface area (Å²) in [6, 6.07) is 12.1. The zero-order valence-electron chi connectivity index (χ0n) is 16.1. The van der Waals surface area contributed by atoms with Crippen molar-refractivity contribution in [2.24, 2.45) is 0 Å². The number of halogens is 1. The topological polar surface area (TPSA) is 56.8 Å². The van der Waals surface area contributed by atoms with Gasteiger partial charge >= 0.3 is 0 Å². The van der Waals surface area contributed by atoms with Crippen molar-refractivity contribution >= 4 is 5.91 Å². The van der Waals surface area contributed by atoms with E-state index in [1.54, 1.807) is 25.3 Å². The van der Waals surface area contributed by atoms with Gasteiger partial charge in [-0.25, -0.2) is 4.39 Å². The molecule has 1 saturated heterocycles. The van der Waals surface area contributed by atoms with Crippen molar-refractivity contribution in [3.8, 4) is 11.5 Å². The number of nitrogens with one attached hydrogen (secondary N) is 1. The fraction of sp³-hybridized carbons (Fsp3) is 0.409. The van der Waals surface area contributed by atoms with Gasteiger partial charge in [-0.05, 0) is 48.6 Å². The summed E-state index contributed by atoms with van der Waals surface area (Å²) >= 11 is 0. The van der Waals surface area contributed by atoms with Gasteiger partial charge in [0.25, 0.3) is 0 Å². The Morgan fingerprint density at radius 3 is 2.86 bits per heavy atom. The van der Waals surface area contributed by atoms with Crippen LogP contribution in [0.3, 0.4) is 0 Å². The quantitative estimate of drug-likeness (QED) is 0.714. The lowest BCUT2D eigenvalue weighted by atomic mass is 10.1. The molecular formula is C22H26FNO4. The maximum Gasteiger partial charge on any atom is 0.220 e. The normalized spacial score (nSPS) is 16.0. The highest BCUT2D eigenvalue weighted by Gasteiger charge is 2.17. The van der Waals surface area contributed by atoms with Crippen molar-refractivity contribution in [3.63, 3.8) is 0 Å². The summed E-state index contributed by atoms with van der Waals surface area (Å²) in [5, 5.41) is 2.86. The zero-order chi connectivity index (χ0) is 19.8. The summed E-state index contributed by atoms with van der Waals surface area (Å²) in [5.41, 5.74) is 1.45. The lowest BCUT2D eigenvalue weighted by Gasteiger charge is -2.15. The highest BCUT2D eigenvalue weighted by Crippen LogP contribution is 2.29. The van der Waals surface area contributed by atoms with Crippen LogP contribution in [0.2, 0.25) is 0 Å². The molecule has 1 unspecified atom stereocenters. The largest absolute Gasteiger partial charge is 0.493 e. The number of carbonyl (C=O) groups excluding carboxylic acids is 1. The Bertz CT molecular complexity index is 790. The standard InChI is InChI=1S/C22H26FNO4/c1-26-21-13-16(8-10-20(21)28-15-18-6-4-12-27-18)14-24-22(25)11-9-17-5-2-3-7-19(17)23/h2-3,5,7-8,10,13,18H,4,6,9,11-12,14-15H2,1H3,(H,24,25). The summed E-state index contributed by atoms with van der Waals surface area (Å²) in [6.45, 7) is 1.67. The molecule has 6 heteroatoms. The lowest BCUT2D eigenvalue weighted by Crippen LogP contribution is -2.23. The number of aryl methyl sites for hydroxylation is 1. The van der Waals surface area contributed by atoms with Crippen LogP contribution < -0.4 is 14.8 Å². The number of hydrogen-bond donors (Lipinski definition) is 1. The number of carbonyl (C=O) groups is 1. The average Bonchev–Trinajstić information content (AvgIpc) is 3.24. The maximum absolute atomic E-state index is 13.6. The van der Waals surface area contributed by atoms with Gasteiger partial charge in [-0.2, -0.15) is 0 Å². The molecule has 1 atom stereocenters. The van der Waals surface area contributed by atoms with Gasteiger partial charge in [0.1, 0.15) is 12.4 Å². The Hall–Kier alpha value is -2.60. The molecule has 2 aromatic rings. The van der Waals surface area contributed by atoms with Crippen LogP contribution in [0, 0.1) is 5.82 Å². The molecule has 2 aromatic carbocycles. The van der Waals surface area contributed by atoms with Crippen LogP contribution >= 0.6 is 0 Å². The summed E-state index contributed by atoms with van der Waals surface area (Å²) in [4.78, 5) is 12.1. The zero-order valence-corrected chi connectivity index (χ0v) is 16.1. The Kier molecular flexibility index (Phi) is 7.25. The second-order valence-electron chi connectivity index (χ2n) is 6.80. The molecule has 0 spiro atoms. The first-order valence-corrected chi connectivity index (χ1v) is 9.57. The molecule has 1 N–H and O–H groups in total. The first kappa shape index (κ1) is 20.1. The van der Waals surface area contributed by atoms with Gasteiger partial charge in [0, 0.05) is 19.6 Å². The maximum atomic E-state index is 13.6. The molecular weight excluding hydrogens is 361 g/mol. The van der Waals surface area contributed by atoms with Gasteiger partial charge < -0.3 is 19.5 Å². The molecule has 0 saturated carbocycles. The number of hydrogen-bond acceptors (Lipinski definition) is 4. The van der Waals surface area contributed by atoms with E-state index in [9.17, 15) is 9.18 Å². The first-order chi connectivity index (χ1) is 13.7. The van der Waals surface area contributed by atoms with Gasteiger partial charge in [0.05, 0.1) is 13.2 Å². The number of methoxy groups -OCH3 is 1. The van der Waals surface area contributed by atoms with E-state index in [1.165, 1.54) is 6.07 Å². The minimum Gasteiger partial charge on any atom is -0.493 e. The Morgan fingerprint density at radius 1 is 1.25 bits per heavy atom. The second-order valence-corrected chi connectivity index (χ2v) is 6.80. The smallest absolute Gasteiger partial charge is 0.220 e. The van der Waals surface area contributed by atoms with Crippen molar-refractivity contribution in [1.82, 2.24) is 5.32 Å². The summed E-state index contributed by atoms with van der Waals surface area (Å²) in [6.07, 6.45) is 2.83. The molecule has 1 fully saturated rings. The number of amides is 1. The molecule has 1 amide bonds. The van der Waals surface area contributed by atoms with E-state index in [0.717, 1.165) is 25.0 Å². The molecule has 0 aromatic heterocycles. The van der Waals surface area contributed by atoms with E-state index in [-0.39, 0.29) is 24.2 Å². The highest BCUT2D eigenvalue weighted by molar-refractivity contribution is 5.76. The van der Waals surface area contributed by atoms with Gasteiger partial charge in [-0.1, -0.05) is 24.3 Å². The van der Waals surface area contributed by atoms with Crippen LogP contribution in [0.5, 0.6) is 11.5 Å². The van der Waals surface area contributed by atoms with Crippen molar-refractivity contribution in [2.45, 2.75) is 38.3 Å². The number of rotatable bonds is 9. The Labute approximate surface area is 164 Å². The Balaban J connectivity index is 1.48. The molecule has 150 valence electrons. The molecule has 3 rings (SSSR count). The van der Waals surface area contributed by atoms with Crippen LogP contribution in [-0.4, -0.2) is 32.3 Å². The highest BCUT2D eigenvalue weighted by atomic mass is 19.1. The molecule has 1 heterocycles. The first-order valence-electron chi connectivity index (χ1n) is 9.57. The summed E-state index contributed by atoms with van der Waals surface area (Å²) in [7, 11) is 1.59. The van der Waals surface area contributed by atoms with Gasteiger partial charge in [-0.3, -0.25) is 4.79 Å². The predicted molar refractivity (Wildman–Crippen MR) is 104 cm³/mol. The molecule has 5 nitrogen and oxygen atoms in total. The predicted octanol–water partition coefficient (Wildman–Crippen LogP) is 3.64. The van der Waals surface area contributed by atoms with E-state index in [1.807, 2.05) is 18.2 Å². The second kappa shape index (κ2) is 10.1. The lowest BCUT2D eigenvalue weighted by molar-refractivity contribution is -0.121. The van der Waals surface area contributed by atoms with E-state index in [2.05, 4.69) is 5.32 Å². The molecule has 0 aliphatic carbocycles. The van der Waals surface area contributed by atoms with E-state index in [4.69, 9.17) is 14.2 Å². The fourth-order valence-electron chi connectivity index (χ4n) is 3.14. The number of ether oxygens (including phenoxy) is 3. The van der Waals surface area contributed by atoms with Gasteiger partial charge in [0.15, 0.2) is 11.5 Å². The van der Waals surface area contributed by atoms with E-state index >= 15 is 0 Å². The van der Waals surface area contributed by atoms with Crippen molar-refractivity contribution in [3.05, 3.63) is 59.4 Å². The number of benzene rings is 2. The molecule has 0 bridgehead atoms. The van der Waals surface area contributed by atoms with Crippen LogP contribution in [0.25, 0.3) is 0 Å². The van der Waals surface area contributed by atoms with Crippen molar-refractivity contribution in [2.75, 3.05) is 20.3 Å². The Morgan fingerprint density at radius 2 is 2.11 bits per heavy atom. The van der Waals surface area contributed by atoms with Crippen LogP contribution in [0.4, 0.5) is 4.39 Å². The monoisotopic (exact) mass is 387 g/mol. The molecule has 0 radical (unpaired) electrons. The fourth-order valence-corrected chi connectivity index (χ4v) is 3.14. The molecule has 28 heavy (non-hydrogen) atoms. The van der Waals surface area contributed by atoms with Crippen molar-refractivity contribution < 1.29 is 23.4 Å². The third-order valence-electron chi connectivity index (χ3n) is 4.75. The third kappa shape index (κ3) is 5.70. The van der Waals surface area contributed by atoms with Gasteiger partial charge in [0.2, 0.25) is 5.91 Å². The summed E-state index contributed by atoms with van der Waals surface area (Å²) < 4.78 is 30.4. The minimum atomic E-state index is -0.279. The molecule has 1 aliphatic heterocycles. The van der Waals surface area contributed by atoms with Crippen LogP contribution in [0.1, 0.15) is 30.4 Å². The SMILES string of the molecule is COc1cc(CNC(=O)CCc2ccccc2F)ccc1OCC1CCCO1. The van der Waals surface area contributed by atoms with Crippen molar-refractivity contribution in [1.29, 1.82) is 0 Å². The van der Waals surface area contributed by atoms with E-state index in [0.29, 0.717) is 36.6 Å². The van der Waals surface area contributed by atoms with E-state index < -0.39 is 0 Å². The van der Waals surface area contributed by atoms with Crippen LogP contribution in [-0.2, 0) is 22.5 Å².